The Balaban J connectivity index is 1.67. The summed E-state index contributed by atoms with van der Waals surface area (Å²) in [7, 11) is 2.01. The average Bonchev–Trinajstić information content (AvgIpc) is 2.91. The summed E-state index contributed by atoms with van der Waals surface area (Å²) < 4.78 is 6.54. The Morgan fingerprint density at radius 3 is 2.70 bits per heavy atom. The number of pyridine rings is 1. The Bertz CT molecular complexity index is 1210. The molecule has 3 aromatic rings. The molecule has 3 atom stereocenters. The molecule has 0 bridgehead atoms. The Labute approximate surface area is 216 Å². The van der Waals surface area contributed by atoms with Crippen LogP contribution in [0.1, 0.15) is 40.3 Å². The van der Waals surface area contributed by atoms with Crippen molar-refractivity contribution < 1.29 is 19.4 Å². The minimum Gasteiger partial charge on any atom is -0.486 e. The third kappa shape index (κ3) is 6.28. The van der Waals surface area contributed by atoms with Gasteiger partial charge in [0.05, 0.1) is 30.1 Å². The summed E-state index contributed by atoms with van der Waals surface area (Å²) in [5.74, 6) is -0.481. The molecule has 4 rings (SSSR count). The van der Waals surface area contributed by atoms with Gasteiger partial charge in [0.1, 0.15) is 11.8 Å². The fraction of sp³-hybridized carbons (Fsp3) is 0.370. The van der Waals surface area contributed by atoms with Crippen LogP contribution in [-0.4, -0.2) is 80.6 Å². The first-order valence-electron chi connectivity index (χ1n) is 12.2. The van der Waals surface area contributed by atoms with E-state index in [2.05, 4.69) is 25.2 Å². The first-order valence-corrected chi connectivity index (χ1v) is 12.2. The maximum absolute atomic E-state index is 13.6. The van der Waals surface area contributed by atoms with Gasteiger partial charge in [0.25, 0.3) is 11.8 Å². The number of amides is 2. The van der Waals surface area contributed by atoms with Crippen molar-refractivity contribution in [2.24, 2.45) is 5.92 Å². The van der Waals surface area contributed by atoms with Crippen LogP contribution in [0.25, 0.3) is 0 Å². The molecule has 2 amide bonds. The number of nitrogens with one attached hydrogen (secondary N) is 1. The lowest BCUT2D eigenvalue weighted by atomic mass is 9.99. The normalized spacial score (nSPS) is 18.4. The van der Waals surface area contributed by atoms with E-state index in [1.807, 2.05) is 33.0 Å². The van der Waals surface area contributed by atoms with Crippen LogP contribution in [-0.2, 0) is 6.54 Å². The fourth-order valence-corrected chi connectivity index (χ4v) is 4.33. The van der Waals surface area contributed by atoms with Gasteiger partial charge in [-0.25, -0.2) is 4.98 Å². The molecule has 0 fully saturated rings. The van der Waals surface area contributed by atoms with Crippen molar-refractivity contribution in [1.82, 2.24) is 24.8 Å². The van der Waals surface area contributed by atoms with Crippen LogP contribution in [0.2, 0.25) is 0 Å². The van der Waals surface area contributed by atoms with Crippen molar-refractivity contribution in [3.05, 3.63) is 78.1 Å². The van der Waals surface area contributed by atoms with Crippen molar-refractivity contribution in [1.29, 1.82) is 0 Å². The van der Waals surface area contributed by atoms with Gasteiger partial charge in [-0.1, -0.05) is 13.0 Å². The van der Waals surface area contributed by atoms with Crippen molar-refractivity contribution in [2.75, 3.05) is 32.1 Å². The summed E-state index contributed by atoms with van der Waals surface area (Å²) in [6.07, 6.45) is 7.52. The maximum atomic E-state index is 13.6. The monoisotopic (exact) mass is 504 g/mol. The molecule has 0 radical (unpaired) electrons. The number of hydrogen-bond acceptors (Lipinski definition) is 8. The summed E-state index contributed by atoms with van der Waals surface area (Å²) in [4.78, 5) is 42.4. The largest absolute Gasteiger partial charge is 0.486 e. The summed E-state index contributed by atoms with van der Waals surface area (Å²) in [6, 6.07) is 8.64. The second-order valence-corrected chi connectivity index (χ2v) is 9.40. The molecule has 10 heteroatoms. The van der Waals surface area contributed by atoms with Gasteiger partial charge in [-0.05, 0) is 43.8 Å². The molecule has 1 aliphatic heterocycles. The fourth-order valence-electron chi connectivity index (χ4n) is 4.33. The molecule has 2 aromatic heterocycles. The average molecular weight is 505 g/mol. The lowest BCUT2D eigenvalue weighted by Crippen LogP contribution is -2.49. The van der Waals surface area contributed by atoms with Crippen LogP contribution in [0.15, 0.2) is 61.3 Å². The molecule has 0 saturated carbocycles. The summed E-state index contributed by atoms with van der Waals surface area (Å²) in [6.45, 7) is 5.38. The molecule has 194 valence electrons. The van der Waals surface area contributed by atoms with Crippen LogP contribution in [0, 0.1) is 5.92 Å². The Morgan fingerprint density at radius 1 is 1.22 bits per heavy atom. The topological polar surface area (TPSA) is 121 Å². The molecular weight excluding hydrogens is 472 g/mol. The number of aliphatic hydroxyl groups excluding tert-OH is 1. The standard InChI is InChI=1S/C27H32N6O4/c1-18-14-33(19(2)17-34)27(36)21-5-4-6-22(31-26(35)23-13-29-11-12-30-23)25(21)37-24(18)16-32(3)15-20-7-9-28-10-8-20/h4-13,18-19,24,34H,14-17H2,1-3H3,(H,31,35)/t18-,19-,24+/m1/s1. The molecule has 1 aromatic carbocycles. The molecule has 0 spiro atoms. The number of aromatic nitrogens is 3. The number of carbonyl (C=O) groups is 2. The van der Waals surface area contributed by atoms with E-state index in [4.69, 9.17) is 4.74 Å². The Morgan fingerprint density at radius 2 is 2.00 bits per heavy atom. The lowest BCUT2D eigenvalue weighted by Gasteiger charge is -2.38. The third-order valence-corrected chi connectivity index (χ3v) is 6.43. The zero-order valence-corrected chi connectivity index (χ0v) is 21.2. The number of anilines is 1. The van der Waals surface area contributed by atoms with E-state index in [0.29, 0.717) is 36.6 Å². The summed E-state index contributed by atoms with van der Waals surface area (Å²) in [5, 5.41) is 12.7. The summed E-state index contributed by atoms with van der Waals surface area (Å²) >= 11 is 0. The van der Waals surface area contributed by atoms with Gasteiger partial charge in [-0.15, -0.1) is 0 Å². The minimum atomic E-state index is -0.459. The second-order valence-electron chi connectivity index (χ2n) is 9.40. The number of aliphatic hydroxyl groups is 1. The Hall–Kier alpha value is -3.89. The van der Waals surface area contributed by atoms with Crippen molar-refractivity contribution in [3.8, 4) is 5.75 Å². The highest BCUT2D eigenvalue weighted by Gasteiger charge is 2.34. The van der Waals surface area contributed by atoms with E-state index in [1.165, 1.54) is 18.6 Å². The highest BCUT2D eigenvalue weighted by Crippen LogP contribution is 2.35. The van der Waals surface area contributed by atoms with Gasteiger partial charge in [-0.3, -0.25) is 24.5 Å². The maximum Gasteiger partial charge on any atom is 0.275 e. The van der Waals surface area contributed by atoms with Crippen LogP contribution in [0.3, 0.4) is 0 Å². The number of carbonyl (C=O) groups excluding carboxylic acids is 2. The SMILES string of the molecule is C[C@@H]1CN([C@H](C)CO)C(=O)c2cccc(NC(=O)c3cnccn3)c2O[C@H]1CN(C)Cc1ccncc1. The number of ether oxygens (including phenoxy) is 1. The van der Waals surface area contributed by atoms with Gasteiger partial charge in [0.2, 0.25) is 0 Å². The molecule has 10 nitrogen and oxygen atoms in total. The number of para-hydroxylation sites is 1. The van der Waals surface area contributed by atoms with Gasteiger partial charge >= 0.3 is 0 Å². The predicted octanol–water partition coefficient (Wildman–Crippen LogP) is 2.48. The highest BCUT2D eigenvalue weighted by molar-refractivity contribution is 6.06. The molecule has 37 heavy (non-hydrogen) atoms. The van der Waals surface area contributed by atoms with Crippen LogP contribution < -0.4 is 10.1 Å². The van der Waals surface area contributed by atoms with Gasteiger partial charge in [0, 0.05) is 50.3 Å². The van der Waals surface area contributed by atoms with E-state index in [9.17, 15) is 14.7 Å². The first kappa shape index (κ1) is 26.2. The zero-order chi connectivity index (χ0) is 26.4. The van der Waals surface area contributed by atoms with Gasteiger partial charge in [-0.2, -0.15) is 0 Å². The van der Waals surface area contributed by atoms with Crippen molar-refractivity contribution >= 4 is 17.5 Å². The molecule has 0 saturated heterocycles. The van der Waals surface area contributed by atoms with E-state index < -0.39 is 5.91 Å². The first-order chi connectivity index (χ1) is 17.9. The van der Waals surface area contributed by atoms with Crippen LogP contribution in [0.5, 0.6) is 5.75 Å². The van der Waals surface area contributed by atoms with E-state index in [0.717, 1.165) is 5.56 Å². The molecular formula is C27H32N6O4. The van der Waals surface area contributed by atoms with Gasteiger partial charge in [0.15, 0.2) is 5.75 Å². The molecule has 0 aliphatic carbocycles. The quantitative estimate of drug-likeness (QED) is 0.480. The third-order valence-electron chi connectivity index (χ3n) is 6.43. The van der Waals surface area contributed by atoms with E-state index in [-0.39, 0.29) is 36.3 Å². The lowest BCUT2D eigenvalue weighted by molar-refractivity contribution is 0.0343. The minimum absolute atomic E-state index is 0.0604. The van der Waals surface area contributed by atoms with Crippen LogP contribution in [0.4, 0.5) is 5.69 Å². The molecule has 2 N–H and O–H groups in total. The molecule has 0 unspecified atom stereocenters. The van der Waals surface area contributed by atoms with E-state index >= 15 is 0 Å². The number of fused-ring (bicyclic) bond motifs is 1. The highest BCUT2D eigenvalue weighted by atomic mass is 16.5. The predicted molar refractivity (Wildman–Crippen MR) is 138 cm³/mol. The molecule has 1 aliphatic rings. The number of hydrogen-bond donors (Lipinski definition) is 2. The van der Waals surface area contributed by atoms with E-state index in [1.54, 1.807) is 35.5 Å². The van der Waals surface area contributed by atoms with Crippen molar-refractivity contribution in [3.63, 3.8) is 0 Å². The smallest absolute Gasteiger partial charge is 0.275 e. The Kier molecular flexibility index (Phi) is 8.42. The summed E-state index contributed by atoms with van der Waals surface area (Å²) in [5.41, 5.74) is 1.97. The number of rotatable bonds is 8. The van der Waals surface area contributed by atoms with Crippen molar-refractivity contribution in [2.45, 2.75) is 32.5 Å². The zero-order valence-electron chi connectivity index (χ0n) is 21.2. The van der Waals surface area contributed by atoms with Crippen LogP contribution >= 0.6 is 0 Å². The number of nitrogens with zero attached hydrogens (tertiary/aromatic N) is 5. The number of benzene rings is 1. The van der Waals surface area contributed by atoms with Gasteiger partial charge < -0.3 is 20.1 Å². The molecule has 3 heterocycles. The number of likely N-dealkylation sites (N-methyl/N-ethyl adjacent to an activating group) is 1. The second kappa shape index (κ2) is 11.9.